The third kappa shape index (κ3) is 3.02. The van der Waals surface area contributed by atoms with Crippen molar-refractivity contribution in [3.05, 3.63) is 35.4 Å². The zero-order valence-electron chi connectivity index (χ0n) is 14.0. The highest BCUT2D eigenvalue weighted by Gasteiger charge is 2.41. The van der Waals surface area contributed by atoms with Crippen LogP contribution in [0.25, 0.3) is 0 Å². The predicted molar refractivity (Wildman–Crippen MR) is 89.6 cm³/mol. The highest BCUT2D eigenvalue weighted by molar-refractivity contribution is 5.37. The van der Waals surface area contributed by atoms with Gasteiger partial charge in [-0.2, -0.15) is 0 Å². The fourth-order valence-corrected chi connectivity index (χ4v) is 4.13. The third-order valence-electron chi connectivity index (χ3n) is 5.17. The first-order valence-electron chi connectivity index (χ1n) is 8.63. The van der Waals surface area contributed by atoms with Gasteiger partial charge in [-0.25, -0.2) is 0 Å². The number of nitrogens with zero attached hydrogens (tertiary/aromatic N) is 1. The Morgan fingerprint density at radius 1 is 1.19 bits per heavy atom. The number of rotatable bonds is 5. The number of likely N-dealkylation sites (N-methyl/N-ethyl adjacent to an activating group) is 1. The van der Waals surface area contributed by atoms with Gasteiger partial charge in [-0.05, 0) is 49.3 Å². The van der Waals surface area contributed by atoms with Crippen LogP contribution in [0.15, 0.2) is 24.3 Å². The largest absolute Gasteiger partial charge is 0.312 e. The minimum absolute atomic E-state index is 0.483. The van der Waals surface area contributed by atoms with E-state index in [4.69, 9.17) is 0 Å². The molecule has 0 amide bonds. The summed E-state index contributed by atoms with van der Waals surface area (Å²) in [7, 11) is 2.13. The molecule has 1 aromatic carbocycles. The van der Waals surface area contributed by atoms with Gasteiger partial charge in [0.05, 0.1) is 0 Å². The van der Waals surface area contributed by atoms with Gasteiger partial charge in [0.15, 0.2) is 0 Å². The lowest BCUT2D eigenvalue weighted by molar-refractivity contribution is 0.113. The second-order valence-electron chi connectivity index (χ2n) is 7.42. The van der Waals surface area contributed by atoms with Crippen molar-refractivity contribution in [2.45, 2.75) is 64.1 Å². The van der Waals surface area contributed by atoms with Crippen LogP contribution >= 0.6 is 0 Å². The number of fused-ring (bicyclic) bond motifs is 1. The summed E-state index contributed by atoms with van der Waals surface area (Å²) >= 11 is 0. The maximum atomic E-state index is 3.63. The van der Waals surface area contributed by atoms with Crippen LogP contribution in [0.5, 0.6) is 0 Å². The van der Waals surface area contributed by atoms with Crippen molar-refractivity contribution in [2.24, 2.45) is 5.92 Å². The van der Waals surface area contributed by atoms with Crippen LogP contribution in [0.4, 0.5) is 0 Å². The Morgan fingerprint density at radius 2 is 1.86 bits per heavy atom. The molecule has 3 rings (SSSR count). The fourth-order valence-electron chi connectivity index (χ4n) is 4.13. The summed E-state index contributed by atoms with van der Waals surface area (Å²) in [6, 6.07) is 11.0. The average molecular weight is 286 g/mol. The summed E-state index contributed by atoms with van der Waals surface area (Å²) in [5, 5.41) is 3.63. The number of hydrogen-bond acceptors (Lipinski definition) is 2. The molecule has 1 N–H and O–H groups in total. The molecule has 3 atom stereocenters. The molecule has 0 bridgehead atoms. The van der Waals surface area contributed by atoms with E-state index in [9.17, 15) is 0 Å². The van der Waals surface area contributed by atoms with Crippen LogP contribution < -0.4 is 5.32 Å². The topological polar surface area (TPSA) is 15.3 Å². The van der Waals surface area contributed by atoms with Crippen LogP contribution in [0.1, 0.15) is 63.1 Å². The van der Waals surface area contributed by atoms with Gasteiger partial charge >= 0.3 is 0 Å². The molecular formula is C19H30N2. The molecule has 0 saturated heterocycles. The summed E-state index contributed by atoms with van der Waals surface area (Å²) in [6.45, 7) is 8.34. The lowest BCUT2D eigenvalue weighted by atomic mass is 9.77. The van der Waals surface area contributed by atoms with Crippen LogP contribution in [0, 0.1) is 5.92 Å². The smallest absolute Gasteiger partial charge is 0.0478 e. The molecule has 2 aliphatic rings. The maximum Gasteiger partial charge on any atom is 0.0478 e. The van der Waals surface area contributed by atoms with Crippen molar-refractivity contribution in [3.8, 4) is 0 Å². The lowest BCUT2D eigenvalue weighted by Crippen LogP contribution is -2.49. The van der Waals surface area contributed by atoms with Crippen molar-refractivity contribution in [1.82, 2.24) is 10.2 Å². The first-order chi connectivity index (χ1) is 10.1. The van der Waals surface area contributed by atoms with Gasteiger partial charge in [0.25, 0.3) is 0 Å². The third-order valence-corrected chi connectivity index (χ3v) is 5.17. The molecule has 1 saturated carbocycles. The predicted octanol–water partition coefficient (Wildman–Crippen LogP) is 3.94. The van der Waals surface area contributed by atoms with Gasteiger partial charge in [0.2, 0.25) is 0 Å². The van der Waals surface area contributed by atoms with E-state index in [1.807, 2.05) is 0 Å². The highest BCUT2D eigenvalue weighted by Crippen LogP contribution is 2.43. The van der Waals surface area contributed by atoms with Crippen molar-refractivity contribution in [1.29, 1.82) is 0 Å². The zero-order chi connectivity index (χ0) is 15.0. The molecule has 2 aliphatic carbocycles. The molecule has 0 heterocycles. The highest BCUT2D eigenvalue weighted by atomic mass is 15.2. The lowest BCUT2D eigenvalue weighted by Gasteiger charge is -2.44. The number of hydrogen-bond donors (Lipinski definition) is 1. The first kappa shape index (κ1) is 15.1. The summed E-state index contributed by atoms with van der Waals surface area (Å²) in [4.78, 5) is 2.82. The van der Waals surface area contributed by atoms with Gasteiger partial charge in [-0.3, -0.25) is 4.90 Å². The van der Waals surface area contributed by atoms with Crippen LogP contribution in [0.2, 0.25) is 0 Å². The van der Waals surface area contributed by atoms with Crippen molar-refractivity contribution < 1.29 is 0 Å². The summed E-state index contributed by atoms with van der Waals surface area (Å²) in [6.07, 6.45) is 4.08. The van der Waals surface area contributed by atoms with E-state index in [2.05, 4.69) is 62.3 Å². The van der Waals surface area contributed by atoms with E-state index in [0.29, 0.717) is 18.0 Å². The van der Waals surface area contributed by atoms with Gasteiger partial charge in [0, 0.05) is 24.7 Å². The Balaban J connectivity index is 1.91. The number of nitrogens with one attached hydrogen (secondary N) is 1. The van der Waals surface area contributed by atoms with E-state index in [0.717, 1.165) is 12.0 Å². The molecular weight excluding hydrogens is 256 g/mol. The average Bonchev–Trinajstić information content (AvgIpc) is 3.29. The normalized spacial score (nSPS) is 29.0. The standard InChI is InChI=1S/C19H30N2/c1-13(2)12-21(15-9-10-15)18-11-14(3)16-7-5-6-8-17(16)19(18)20-4/h5-8,13-15,18-20H,9-12H2,1-4H3. The fraction of sp³-hybridized carbons (Fsp3) is 0.684. The van der Waals surface area contributed by atoms with E-state index in [-0.39, 0.29) is 0 Å². The Labute approximate surface area is 129 Å². The summed E-state index contributed by atoms with van der Waals surface area (Å²) < 4.78 is 0. The van der Waals surface area contributed by atoms with E-state index in [1.54, 1.807) is 5.56 Å². The quantitative estimate of drug-likeness (QED) is 0.882. The first-order valence-corrected chi connectivity index (χ1v) is 8.63. The Morgan fingerprint density at radius 3 is 2.43 bits per heavy atom. The van der Waals surface area contributed by atoms with Crippen LogP contribution in [0.3, 0.4) is 0 Å². The molecule has 1 fully saturated rings. The molecule has 0 spiro atoms. The van der Waals surface area contributed by atoms with Crippen molar-refractivity contribution in [2.75, 3.05) is 13.6 Å². The molecule has 116 valence electrons. The Hall–Kier alpha value is -0.860. The van der Waals surface area contributed by atoms with E-state index < -0.39 is 0 Å². The monoisotopic (exact) mass is 286 g/mol. The van der Waals surface area contributed by atoms with Crippen molar-refractivity contribution >= 4 is 0 Å². The SMILES string of the molecule is CNC1c2ccccc2C(C)CC1N(CC(C)C)C1CC1. The second kappa shape index (κ2) is 6.10. The van der Waals surface area contributed by atoms with Gasteiger partial charge in [0.1, 0.15) is 0 Å². The van der Waals surface area contributed by atoms with Gasteiger partial charge < -0.3 is 5.32 Å². The molecule has 3 unspecified atom stereocenters. The minimum atomic E-state index is 0.483. The molecule has 0 radical (unpaired) electrons. The molecule has 0 aromatic heterocycles. The molecule has 2 nitrogen and oxygen atoms in total. The summed E-state index contributed by atoms with van der Waals surface area (Å²) in [5.74, 6) is 1.42. The number of benzene rings is 1. The molecule has 2 heteroatoms. The molecule has 21 heavy (non-hydrogen) atoms. The van der Waals surface area contributed by atoms with Crippen LogP contribution in [-0.2, 0) is 0 Å². The zero-order valence-corrected chi connectivity index (χ0v) is 14.0. The van der Waals surface area contributed by atoms with E-state index in [1.165, 1.54) is 31.4 Å². The van der Waals surface area contributed by atoms with Gasteiger partial charge in [-0.1, -0.05) is 45.0 Å². The Kier molecular flexibility index (Phi) is 4.37. The van der Waals surface area contributed by atoms with Gasteiger partial charge in [-0.15, -0.1) is 0 Å². The Bertz CT molecular complexity index is 478. The minimum Gasteiger partial charge on any atom is -0.312 e. The van der Waals surface area contributed by atoms with E-state index >= 15 is 0 Å². The second-order valence-corrected chi connectivity index (χ2v) is 7.42. The van der Waals surface area contributed by atoms with Crippen molar-refractivity contribution in [3.63, 3.8) is 0 Å². The maximum absolute atomic E-state index is 3.63. The molecule has 0 aliphatic heterocycles. The summed E-state index contributed by atoms with van der Waals surface area (Å²) in [5.41, 5.74) is 3.08. The van der Waals surface area contributed by atoms with Crippen LogP contribution in [-0.4, -0.2) is 30.6 Å². The molecule has 1 aromatic rings.